The van der Waals surface area contributed by atoms with Gasteiger partial charge in [-0.15, -0.1) is 0 Å². The molecule has 0 aliphatic carbocycles. The molecule has 1 rings (SSSR count). The van der Waals surface area contributed by atoms with E-state index in [1.165, 1.54) is 7.05 Å². The van der Waals surface area contributed by atoms with E-state index < -0.39 is 16.0 Å². The zero-order valence-corrected chi connectivity index (χ0v) is 11.0. The average molecular weight is 265 g/mol. The topological polar surface area (TPSA) is 72.9 Å². The van der Waals surface area contributed by atoms with Gasteiger partial charge in [-0.2, -0.15) is 4.31 Å². The number of hydrogen-bond donors (Lipinski definition) is 0. The molecule has 1 heterocycles. The van der Waals surface area contributed by atoms with E-state index in [1.807, 2.05) is 0 Å². The minimum Gasteiger partial charge on any atom is -0.465 e. The van der Waals surface area contributed by atoms with Crippen LogP contribution >= 0.6 is 0 Å². The van der Waals surface area contributed by atoms with Crippen molar-refractivity contribution in [2.45, 2.75) is 25.9 Å². The Hall–Kier alpha value is -0.660. The minimum atomic E-state index is -3.45. The molecule has 1 aliphatic heterocycles. The van der Waals surface area contributed by atoms with Gasteiger partial charge in [0, 0.05) is 13.7 Å². The van der Waals surface area contributed by atoms with Crippen molar-refractivity contribution in [3.05, 3.63) is 0 Å². The summed E-state index contributed by atoms with van der Waals surface area (Å²) in [7, 11) is -2.07. The van der Waals surface area contributed by atoms with Gasteiger partial charge in [-0.25, -0.2) is 8.42 Å². The van der Waals surface area contributed by atoms with Crippen molar-refractivity contribution in [3.8, 4) is 0 Å². The van der Waals surface area contributed by atoms with Gasteiger partial charge in [0.2, 0.25) is 10.0 Å². The second-order valence-corrected chi connectivity index (χ2v) is 6.10. The van der Waals surface area contributed by atoms with Crippen LogP contribution in [0.4, 0.5) is 0 Å². The molecule has 1 fully saturated rings. The molecular weight excluding hydrogens is 246 g/mol. The highest BCUT2D eigenvalue weighted by Crippen LogP contribution is 2.15. The number of esters is 1. The van der Waals surface area contributed by atoms with Crippen LogP contribution in [0.15, 0.2) is 0 Å². The molecule has 0 radical (unpaired) electrons. The number of sulfonamides is 1. The summed E-state index contributed by atoms with van der Waals surface area (Å²) in [5, 5.41) is 0. The van der Waals surface area contributed by atoms with Crippen LogP contribution in [0, 0.1) is 0 Å². The lowest BCUT2D eigenvalue weighted by Crippen LogP contribution is -2.37. The lowest BCUT2D eigenvalue weighted by atomic mass is 10.3. The Kier molecular flexibility index (Phi) is 5.35. The van der Waals surface area contributed by atoms with Crippen LogP contribution in [-0.2, 0) is 24.3 Å². The first-order chi connectivity index (χ1) is 7.95. The first-order valence-corrected chi connectivity index (χ1v) is 7.28. The molecule has 0 N–H and O–H groups in total. The average Bonchev–Trinajstić information content (AvgIpc) is 2.69. The van der Waals surface area contributed by atoms with E-state index in [0.29, 0.717) is 6.61 Å². The van der Waals surface area contributed by atoms with E-state index in [2.05, 4.69) is 0 Å². The Morgan fingerprint density at radius 1 is 1.53 bits per heavy atom. The molecular formula is C10H19NO5S. The third-order valence-corrected chi connectivity index (χ3v) is 4.42. The predicted octanol–water partition coefficient (Wildman–Crippen LogP) is -0.00990. The monoisotopic (exact) mass is 265 g/mol. The zero-order valence-electron chi connectivity index (χ0n) is 10.2. The largest absolute Gasteiger partial charge is 0.465 e. The Morgan fingerprint density at radius 2 is 2.24 bits per heavy atom. The normalized spacial score (nSPS) is 20.8. The Morgan fingerprint density at radius 3 is 2.76 bits per heavy atom. The summed E-state index contributed by atoms with van der Waals surface area (Å²) >= 11 is 0. The summed E-state index contributed by atoms with van der Waals surface area (Å²) < 4.78 is 34.7. The van der Waals surface area contributed by atoms with Gasteiger partial charge in [0.05, 0.1) is 18.5 Å². The maximum atomic E-state index is 11.9. The molecule has 0 aromatic heterocycles. The SMILES string of the molecule is CCOC(=O)CN(C)S(=O)(=O)CC1CCCO1. The highest BCUT2D eigenvalue weighted by Gasteiger charge is 2.27. The molecule has 6 nitrogen and oxygen atoms in total. The fourth-order valence-corrected chi connectivity index (χ4v) is 2.91. The molecule has 0 spiro atoms. The molecule has 1 aliphatic rings. The number of carbonyl (C=O) groups is 1. The Balaban J connectivity index is 2.47. The van der Waals surface area contributed by atoms with Crippen LogP contribution in [0.25, 0.3) is 0 Å². The van der Waals surface area contributed by atoms with Gasteiger partial charge in [0.15, 0.2) is 0 Å². The molecule has 1 unspecified atom stereocenters. The zero-order chi connectivity index (χ0) is 12.9. The molecule has 1 saturated heterocycles. The van der Waals surface area contributed by atoms with Crippen LogP contribution in [0.3, 0.4) is 0 Å². The van der Waals surface area contributed by atoms with Gasteiger partial charge in [0.1, 0.15) is 6.54 Å². The molecule has 1 atom stereocenters. The highest BCUT2D eigenvalue weighted by molar-refractivity contribution is 7.89. The van der Waals surface area contributed by atoms with Gasteiger partial charge in [0.25, 0.3) is 0 Å². The van der Waals surface area contributed by atoms with Crippen LogP contribution in [-0.4, -0.2) is 57.4 Å². The maximum absolute atomic E-state index is 11.9. The smallest absolute Gasteiger partial charge is 0.321 e. The van der Waals surface area contributed by atoms with Gasteiger partial charge < -0.3 is 9.47 Å². The van der Waals surface area contributed by atoms with E-state index in [0.717, 1.165) is 17.1 Å². The van der Waals surface area contributed by atoms with Crippen molar-refractivity contribution in [2.24, 2.45) is 0 Å². The van der Waals surface area contributed by atoms with E-state index >= 15 is 0 Å². The second kappa shape index (κ2) is 6.32. The molecule has 17 heavy (non-hydrogen) atoms. The van der Waals surface area contributed by atoms with E-state index in [9.17, 15) is 13.2 Å². The highest BCUT2D eigenvalue weighted by atomic mass is 32.2. The summed E-state index contributed by atoms with van der Waals surface area (Å²) in [6, 6.07) is 0. The van der Waals surface area contributed by atoms with Gasteiger partial charge in [-0.3, -0.25) is 4.79 Å². The Bertz CT molecular complexity index is 348. The number of carbonyl (C=O) groups excluding carboxylic acids is 1. The molecule has 100 valence electrons. The minimum absolute atomic E-state index is 0.0666. The Labute approximate surface area is 102 Å². The first-order valence-electron chi connectivity index (χ1n) is 5.67. The molecule has 0 aromatic carbocycles. The van der Waals surface area contributed by atoms with Crippen molar-refractivity contribution in [3.63, 3.8) is 0 Å². The summed E-state index contributed by atoms with van der Waals surface area (Å²) in [6.45, 7) is 2.29. The molecule has 0 bridgehead atoms. The van der Waals surface area contributed by atoms with Crippen LogP contribution in [0.1, 0.15) is 19.8 Å². The maximum Gasteiger partial charge on any atom is 0.321 e. The molecule has 0 amide bonds. The van der Waals surface area contributed by atoms with Crippen molar-refractivity contribution < 1.29 is 22.7 Å². The van der Waals surface area contributed by atoms with Crippen LogP contribution < -0.4 is 0 Å². The van der Waals surface area contributed by atoms with Crippen molar-refractivity contribution in [2.75, 3.05) is 32.6 Å². The van der Waals surface area contributed by atoms with Crippen molar-refractivity contribution in [1.29, 1.82) is 0 Å². The summed E-state index contributed by atoms with van der Waals surface area (Å²) in [4.78, 5) is 11.2. The van der Waals surface area contributed by atoms with Gasteiger partial charge >= 0.3 is 5.97 Å². The first kappa shape index (κ1) is 14.4. The summed E-state index contributed by atoms with van der Waals surface area (Å²) in [5.74, 6) is -0.603. The fourth-order valence-electron chi connectivity index (χ4n) is 1.62. The standard InChI is InChI=1S/C10H19NO5S/c1-3-15-10(12)7-11(2)17(13,14)8-9-5-4-6-16-9/h9H,3-8H2,1-2H3. The summed E-state index contributed by atoms with van der Waals surface area (Å²) in [5.41, 5.74) is 0. The lowest BCUT2D eigenvalue weighted by molar-refractivity contribution is -0.143. The number of rotatable bonds is 6. The van der Waals surface area contributed by atoms with Crippen molar-refractivity contribution >= 4 is 16.0 Å². The van der Waals surface area contributed by atoms with Gasteiger partial charge in [-0.05, 0) is 19.8 Å². The number of nitrogens with zero attached hydrogens (tertiary/aromatic N) is 1. The van der Waals surface area contributed by atoms with Crippen molar-refractivity contribution in [1.82, 2.24) is 4.31 Å². The van der Waals surface area contributed by atoms with E-state index in [-0.39, 0.29) is 25.0 Å². The number of likely N-dealkylation sites (N-methyl/N-ethyl adjacent to an activating group) is 1. The summed E-state index contributed by atoms with van der Waals surface area (Å²) in [6.07, 6.45) is 1.40. The fraction of sp³-hybridized carbons (Fsp3) is 0.900. The van der Waals surface area contributed by atoms with E-state index in [4.69, 9.17) is 9.47 Å². The lowest BCUT2D eigenvalue weighted by Gasteiger charge is -2.18. The van der Waals surface area contributed by atoms with E-state index in [1.54, 1.807) is 6.92 Å². The molecule has 0 saturated carbocycles. The third kappa shape index (κ3) is 4.61. The third-order valence-electron chi connectivity index (χ3n) is 2.55. The molecule has 7 heteroatoms. The molecule has 0 aromatic rings. The van der Waals surface area contributed by atoms with Crippen LogP contribution in [0.5, 0.6) is 0 Å². The quantitative estimate of drug-likeness (QED) is 0.632. The van der Waals surface area contributed by atoms with Crippen LogP contribution in [0.2, 0.25) is 0 Å². The second-order valence-electron chi connectivity index (χ2n) is 3.97. The number of ether oxygens (including phenoxy) is 2. The predicted molar refractivity (Wildman–Crippen MR) is 62.0 cm³/mol. The number of hydrogen-bond acceptors (Lipinski definition) is 5. The van der Waals surface area contributed by atoms with Gasteiger partial charge in [-0.1, -0.05) is 0 Å².